The van der Waals surface area contributed by atoms with Crippen molar-refractivity contribution in [3.8, 4) is 0 Å². The number of thioether (sulfide) groups is 1. The van der Waals surface area contributed by atoms with E-state index < -0.39 is 0 Å². The summed E-state index contributed by atoms with van der Waals surface area (Å²) in [5.74, 6) is 2.17. The van der Waals surface area contributed by atoms with Crippen molar-refractivity contribution in [3.63, 3.8) is 0 Å². The van der Waals surface area contributed by atoms with Gasteiger partial charge in [-0.25, -0.2) is 0 Å². The summed E-state index contributed by atoms with van der Waals surface area (Å²) < 4.78 is 0. The van der Waals surface area contributed by atoms with Crippen LogP contribution in [0, 0.1) is 0 Å². The SMILES string of the molecule is CCSCCC(C)(N)CO. The number of rotatable bonds is 5. The molecule has 0 aromatic heterocycles. The van der Waals surface area contributed by atoms with E-state index in [2.05, 4.69) is 6.92 Å². The predicted molar refractivity (Wildman–Crippen MR) is 47.3 cm³/mol. The van der Waals surface area contributed by atoms with E-state index >= 15 is 0 Å². The molecule has 0 saturated heterocycles. The Hall–Kier alpha value is 0.270. The fraction of sp³-hybridized carbons (Fsp3) is 1.00. The van der Waals surface area contributed by atoms with E-state index in [0.717, 1.165) is 17.9 Å². The van der Waals surface area contributed by atoms with E-state index in [-0.39, 0.29) is 12.1 Å². The molecule has 0 aliphatic carbocycles. The molecule has 0 bridgehead atoms. The third-order valence-electron chi connectivity index (χ3n) is 1.38. The average molecular weight is 163 g/mol. The van der Waals surface area contributed by atoms with Crippen LogP contribution in [0.5, 0.6) is 0 Å². The largest absolute Gasteiger partial charge is 0.394 e. The highest BCUT2D eigenvalue weighted by Gasteiger charge is 2.15. The lowest BCUT2D eigenvalue weighted by Crippen LogP contribution is -2.40. The lowest BCUT2D eigenvalue weighted by molar-refractivity contribution is 0.206. The maximum absolute atomic E-state index is 8.76. The Morgan fingerprint density at radius 3 is 2.60 bits per heavy atom. The fourth-order valence-corrected chi connectivity index (χ4v) is 1.43. The minimum Gasteiger partial charge on any atom is -0.394 e. The fourth-order valence-electron chi connectivity index (χ4n) is 0.529. The highest BCUT2D eigenvalue weighted by molar-refractivity contribution is 7.99. The molecule has 10 heavy (non-hydrogen) atoms. The van der Waals surface area contributed by atoms with Gasteiger partial charge < -0.3 is 10.8 Å². The summed E-state index contributed by atoms with van der Waals surface area (Å²) >= 11 is 1.86. The number of nitrogens with two attached hydrogens (primary N) is 1. The molecule has 0 spiro atoms. The van der Waals surface area contributed by atoms with Crippen molar-refractivity contribution in [3.05, 3.63) is 0 Å². The van der Waals surface area contributed by atoms with E-state index in [9.17, 15) is 0 Å². The lowest BCUT2D eigenvalue weighted by Gasteiger charge is -2.20. The molecule has 1 atom stereocenters. The van der Waals surface area contributed by atoms with Crippen LogP contribution in [-0.4, -0.2) is 28.8 Å². The van der Waals surface area contributed by atoms with Crippen molar-refractivity contribution in [1.29, 1.82) is 0 Å². The van der Waals surface area contributed by atoms with Crippen LogP contribution in [0.15, 0.2) is 0 Å². The monoisotopic (exact) mass is 163 g/mol. The Morgan fingerprint density at radius 1 is 1.60 bits per heavy atom. The zero-order valence-corrected chi connectivity index (χ0v) is 7.58. The van der Waals surface area contributed by atoms with Crippen LogP contribution in [0.25, 0.3) is 0 Å². The first-order chi connectivity index (χ1) is 4.62. The summed E-state index contributed by atoms with van der Waals surface area (Å²) in [6, 6.07) is 0. The van der Waals surface area contributed by atoms with Crippen LogP contribution in [0.4, 0.5) is 0 Å². The van der Waals surface area contributed by atoms with Crippen molar-refractivity contribution < 1.29 is 5.11 Å². The second-order valence-corrected chi connectivity index (χ2v) is 4.15. The first-order valence-corrected chi connectivity index (χ1v) is 4.75. The lowest BCUT2D eigenvalue weighted by atomic mass is 10.0. The molecule has 0 aliphatic heterocycles. The Balaban J connectivity index is 3.28. The van der Waals surface area contributed by atoms with Crippen LogP contribution in [0.3, 0.4) is 0 Å². The topological polar surface area (TPSA) is 46.2 Å². The predicted octanol–water partition coefficient (Wildman–Crippen LogP) is 0.839. The summed E-state index contributed by atoms with van der Waals surface area (Å²) in [7, 11) is 0. The van der Waals surface area contributed by atoms with Crippen molar-refractivity contribution in [2.24, 2.45) is 5.73 Å². The van der Waals surface area contributed by atoms with E-state index in [1.807, 2.05) is 18.7 Å². The smallest absolute Gasteiger partial charge is 0.0608 e. The van der Waals surface area contributed by atoms with E-state index in [1.54, 1.807) is 0 Å². The van der Waals surface area contributed by atoms with Crippen molar-refractivity contribution >= 4 is 11.8 Å². The van der Waals surface area contributed by atoms with Crippen LogP contribution < -0.4 is 5.73 Å². The minimum absolute atomic E-state index is 0.0806. The Bertz CT molecular complexity index is 85.7. The molecule has 0 aliphatic rings. The minimum atomic E-state index is -0.373. The normalized spacial score (nSPS) is 16.8. The van der Waals surface area contributed by atoms with Gasteiger partial charge in [0.05, 0.1) is 6.61 Å². The third-order valence-corrected chi connectivity index (χ3v) is 2.28. The van der Waals surface area contributed by atoms with Gasteiger partial charge in [-0.1, -0.05) is 6.92 Å². The Labute approximate surface area is 67.2 Å². The standard InChI is InChI=1S/C7H17NOS/c1-3-10-5-4-7(2,8)6-9/h9H,3-6,8H2,1-2H3. The second-order valence-electron chi connectivity index (χ2n) is 2.76. The van der Waals surface area contributed by atoms with Gasteiger partial charge in [-0.3, -0.25) is 0 Å². The van der Waals surface area contributed by atoms with Gasteiger partial charge in [-0.05, 0) is 24.9 Å². The quantitative estimate of drug-likeness (QED) is 0.590. The molecule has 0 fully saturated rings. The maximum atomic E-state index is 8.76. The molecule has 0 aromatic carbocycles. The van der Waals surface area contributed by atoms with Crippen LogP contribution in [0.2, 0.25) is 0 Å². The van der Waals surface area contributed by atoms with Gasteiger partial charge in [-0.15, -0.1) is 0 Å². The van der Waals surface area contributed by atoms with Gasteiger partial charge >= 0.3 is 0 Å². The molecule has 0 heterocycles. The zero-order valence-electron chi connectivity index (χ0n) is 6.76. The highest BCUT2D eigenvalue weighted by Crippen LogP contribution is 2.09. The number of hydrogen-bond acceptors (Lipinski definition) is 3. The molecule has 0 radical (unpaired) electrons. The molecular formula is C7H17NOS. The highest BCUT2D eigenvalue weighted by atomic mass is 32.2. The van der Waals surface area contributed by atoms with Crippen LogP contribution in [0.1, 0.15) is 20.3 Å². The summed E-state index contributed by atoms with van der Waals surface area (Å²) in [6.45, 7) is 4.08. The zero-order chi connectivity index (χ0) is 8.04. The van der Waals surface area contributed by atoms with Gasteiger partial charge in [0.1, 0.15) is 0 Å². The van der Waals surface area contributed by atoms with Gasteiger partial charge in [0.2, 0.25) is 0 Å². The van der Waals surface area contributed by atoms with Crippen molar-refractivity contribution in [2.45, 2.75) is 25.8 Å². The number of hydrogen-bond donors (Lipinski definition) is 2. The summed E-state index contributed by atoms with van der Waals surface area (Å²) in [5, 5.41) is 8.76. The van der Waals surface area contributed by atoms with Gasteiger partial charge in [-0.2, -0.15) is 11.8 Å². The summed E-state index contributed by atoms with van der Waals surface area (Å²) in [6.07, 6.45) is 0.891. The number of aliphatic hydroxyl groups is 1. The summed E-state index contributed by atoms with van der Waals surface area (Å²) in [5.41, 5.74) is 5.32. The Morgan fingerprint density at radius 2 is 2.20 bits per heavy atom. The maximum Gasteiger partial charge on any atom is 0.0608 e. The molecule has 3 N–H and O–H groups in total. The molecule has 0 saturated carbocycles. The third kappa shape index (κ3) is 5.09. The molecule has 3 heteroatoms. The first kappa shape index (κ1) is 10.3. The van der Waals surface area contributed by atoms with Gasteiger partial charge in [0.15, 0.2) is 0 Å². The summed E-state index contributed by atoms with van der Waals surface area (Å²) in [4.78, 5) is 0. The van der Waals surface area contributed by atoms with Crippen LogP contribution >= 0.6 is 11.8 Å². The average Bonchev–Trinajstić information content (AvgIpc) is 1.89. The van der Waals surface area contributed by atoms with Gasteiger partial charge in [0, 0.05) is 5.54 Å². The van der Waals surface area contributed by atoms with E-state index in [1.165, 1.54) is 0 Å². The molecule has 0 aromatic rings. The van der Waals surface area contributed by atoms with Crippen molar-refractivity contribution in [2.75, 3.05) is 18.1 Å². The van der Waals surface area contributed by atoms with E-state index in [0.29, 0.717) is 0 Å². The molecular weight excluding hydrogens is 146 g/mol. The molecule has 1 unspecified atom stereocenters. The molecule has 2 nitrogen and oxygen atoms in total. The molecule has 0 amide bonds. The van der Waals surface area contributed by atoms with Gasteiger partial charge in [0.25, 0.3) is 0 Å². The van der Waals surface area contributed by atoms with Crippen LogP contribution in [-0.2, 0) is 0 Å². The van der Waals surface area contributed by atoms with Crippen molar-refractivity contribution in [1.82, 2.24) is 0 Å². The van der Waals surface area contributed by atoms with E-state index in [4.69, 9.17) is 10.8 Å². The second kappa shape index (κ2) is 4.99. The molecule has 62 valence electrons. The number of aliphatic hydroxyl groups excluding tert-OH is 1. The Kier molecular flexibility index (Phi) is 5.13. The first-order valence-electron chi connectivity index (χ1n) is 3.60. The molecule has 0 rings (SSSR count).